The number of nitrogen functional groups attached to an aromatic ring is 1. The van der Waals surface area contributed by atoms with Crippen LogP contribution in [0.2, 0.25) is 0 Å². The average molecular weight is 270 g/mol. The summed E-state index contributed by atoms with van der Waals surface area (Å²) < 4.78 is 26.3. The molecule has 1 amide bonds. The van der Waals surface area contributed by atoms with E-state index in [1.54, 1.807) is 7.05 Å². The molecule has 18 heavy (non-hydrogen) atoms. The van der Waals surface area contributed by atoms with Gasteiger partial charge in [-0.2, -0.15) is 4.72 Å². The largest absolute Gasteiger partial charge is 0.384 e. The molecule has 0 spiro atoms. The number of nitrogens with two attached hydrogens (primary N) is 1. The van der Waals surface area contributed by atoms with E-state index in [4.69, 9.17) is 5.73 Å². The standard InChI is InChI=1S/C10H14N4O3S/c1-14-5-4-8(10(14)15)13-18(16,17)7-2-3-9(11)12-6-7/h2-3,6,8,13H,4-5H2,1H3,(H2,11,12). The van der Waals surface area contributed by atoms with Crippen molar-refractivity contribution in [1.29, 1.82) is 0 Å². The molecule has 3 N–H and O–H groups in total. The van der Waals surface area contributed by atoms with Gasteiger partial charge in [0, 0.05) is 19.8 Å². The second-order valence-corrected chi connectivity index (χ2v) is 5.86. The van der Waals surface area contributed by atoms with Crippen LogP contribution in [0.25, 0.3) is 0 Å². The summed E-state index contributed by atoms with van der Waals surface area (Å²) in [4.78, 5) is 16.8. The molecule has 1 aromatic rings. The Morgan fingerprint density at radius 2 is 2.22 bits per heavy atom. The number of hydrogen-bond acceptors (Lipinski definition) is 5. The third-order valence-electron chi connectivity index (χ3n) is 2.79. The summed E-state index contributed by atoms with van der Waals surface area (Å²) in [6, 6.07) is 2.06. The van der Waals surface area contributed by atoms with Crippen LogP contribution in [0.1, 0.15) is 6.42 Å². The third kappa shape index (κ3) is 2.44. The van der Waals surface area contributed by atoms with Crippen molar-refractivity contribution >= 4 is 21.7 Å². The number of sulfonamides is 1. The molecule has 0 aromatic carbocycles. The molecular weight excluding hydrogens is 256 g/mol. The van der Waals surface area contributed by atoms with Gasteiger partial charge in [-0.1, -0.05) is 0 Å². The Bertz CT molecular complexity index is 555. The van der Waals surface area contributed by atoms with Crippen LogP contribution in [-0.4, -0.2) is 43.8 Å². The molecule has 0 saturated carbocycles. The van der Waals surface area contributed by atoms with Gasteiger partial charge in [-0.25, -0.2) is 13.4 Å². The minimum atomic E-state index is -3.73. The van der Waals surface area contributed by atoms with Gasteiger partial charge in [-0.15, -0.1) is 0 Å². The lowest BCUT2D eigenvalue weighted by atomic mass is 10.3. The molecule has 2 rings (SSSR count). The maximum Gasteiger partial charge on any atom is 0.242 e. The molecule has 1 unspecified atom stereocenters. The third-order valence-corrected chi connectivity index (χ3v) is 4.25. The lowest BCUT2D eigenvalue weighted by Gasteiger charge is -2.12. The first-order valence-electron chi connectivity index (χ1n) is 5.39. The number of carbonyl (C=O) groups is 1. The highest BCUT2D eigenvalue weighted by Gasteiger charge is 2.32. The molecule has 0 aliphatic carbocycles. The van der Waals surface area contributed by atoms with E-state index in [0.717, 1.165) is 0 Å². The summed E-state index contributed by atoms with van der Waals surface area (Å²) >= 11 is 0. The fraction of sp³-hybridized carbons (Fsp3) is 0.400. The Labute approximate surface area is 105 Å². The minimum Gasteiger partial charge on any atom is -0.384 e. The molecule has 2 heterocycles. The van der Waals surface area contributed by atoms with E-state index >= 15 is 0 Å². The van der Waals surface area contributed by atoms with Crippen LogP contribution in [0, 0.1) is 0 Å². The van der Waals surface area contributed by atoms with Gasteiger partial charge < -0.3 is 10.6 Å². The highest BCUT2D eigenvalue weighted by molar-refractivity contribution is 7.89. The summed E-state index contributed by atoms with van der Waals surface area (Å²) in [6.45, 7) is 0.548. The van der Waals surface area contributed by atoms with Crippen LogP contribution in [0.5, 0.6) is 0 Å². The number of rotatable bonds is 3. The first-order chi connectivity index (χ1) is 8.40. The maximum absolute atomic E-state index is 12.0. The number of likely N-dealkylation sites (tertiary alicyclic amines) is 1. The van der Waals surface area contributed by atoms with Crippen LogP contribution in [0.3, 0.4) is 0 Å². The van der Waals surface area contributed by atoms with E-state index in [2.05, 4.69) is 9.71 Å². The number of hydrogen-bond donors (Lipinski definition) is 2. The molecule has 1 aliphatic heterocycles. The van der Waals surface area contributed by atoms with Crippen LogP contribution < -0.4 is 10.5 Å². The predicted molar refractivity (Wildman–Crippen MR) is 65.0 cm³/mol. The number of pyridine rings is 1. The molecule has 1 atom stereocenters. The molecule has 0 radical (unpaired) electrons. The summed E-state index contributed by atoms with van der Waals surface area (Å²) in [7, 11) is -2.09. The van der Waals surface area contributed by atoms with Gasteiger partial charge in [0.05, 0.1) is 0 Å². The molecule has 1 aliphatic rings. The van der Waals surface area contributed by atoms with E-state index in [9.17, 15) is 13.2 Å². The highest BCUT2D eigenvalue weighted by atomic mass is 32.2. The summed E-state index contributed by atoms with van der Waals surface area (Å²) in [5, 5.41) is 0. The number of aromatic nitrogens is 1. The second-order valence-electron chi connectivity index (χ2n) is 4.14. The monoisotopic (exact) mass is 270 g/mol. The Kier molecular flexibility index (Phi) is 3.22. The van der Waals surface area contributed by atoms with Crippen molar-refractivity contribution in [2.75, 3.05) is 19.3 Å². The average Bonchev–Trinajstić information content (AvgIpc) is 2.61. The van der Waals surface area contributed by atoms with Crippen LogP contribution in [0.4, 0.5) is 5.82 Å². The van der Waals surface area contributed by atoms with E-state index in [-0.39, 0.29) is 16.6 Å². The van der Waals surface area contributed by atoms with Crippen molar-refractivity contribution in [3.8, 4) is 0 Å². The maximum atomic E-state index is 12.0. The zero-order valence-electron chi connectivity index (χ0n) is 9.83. The molecule has 1 aromatic heterocycles. The van der Waals surface area contributed by atoms with Gasteiger partial charge in [-0.05, 0) is 18.6 Å². The normalized spacial score (nSPS) is 20.4. The van der Waals surface area contributed by atoms with Gasteiger partial charge in [0.1, 0.15) is 16.8 Å². The van der Waals surface area contributed by atoms with Crippen molar-refractivity contribution in [1.82, 2.24) is 14.6 Å². The Morgan fingerprint density at radius 3 is 2.72 bits per heavy atom. The molecule has 8 heteroatoms. The summed E-state index contributed by atoms with van der Waals surface area (Å²) in [5.41, 5.74) is 5.39. The molecular formula is C10H14N4O3S. The van der Waals surface area contributed by atoms with Crippen LogP contribution in [0.15, 0.2) is 23.2 Å². The van der Waals surface area contributed by atoms with Crippen molar-refractivity contribution in [2.24, 2.45) is 0 Å². The number of anilines is 1. The van der Waals surface area contributed by atoms with Crippen molar-refractivity contribution in [3.63, 3.8) is 0 Å². The number of amides is 1. The first kappa shape index (κ1) is 12.8. The number of likely N-dealkylation sites (N-methyl/N-ethyl adjacent to an activating group) is 1. The van der Waals surface area contributed by atoms with Crippen LogP contribution in [-0.2, 0) is 14.8 Å². The molecule has 0 bridgehead atoms. The van der Waals surface area contributed by atoms with Gasteiger partial charge in [0.15, 0.2) is 0 Å². The molecule has 1 saturated heterocycles. The zero-order chi connectivity index (χ0) is 13.3. The zero-order valence-corrected chi connectivity index (χ0v) is 10.6. The summed E-state index contributed by atoms with van der Waals surface area (Å²) in [6.07, 6.45) is 1.64. The second kappa shape index (κ2) is 4.54. The number of carbonyl (C=O) groups excluding carboxylic acids is 1. The van der Waals surface area contributed by atoms with E-state index in [1.807, 2.05) is 0 Å². The number of nitrogens with one attached hydrogen (secondary N) is 1. The van der Waals surface area contributed by atoms with Gasteiger partial charge >= 0.3 is 0 Å². The minimum absolute atomic E-state index is 0.000877. The van der Waals surface area contributed by atoms with E-state index < -0.39 is 16.1 Å². The molecule has 7 nitrogen and oxygen atoms in total. The smallest absolute Gasteiger partial charge is 0.242 e. The van der Waals surface area contributed by atoms with Crippen LogP contribution >= 0.6 is 0 Å². The SMILES string of the molecule is CN1CCC(NS(=O)(=O)c2ccc(N)nc2)C1=O. The predicted octanol–water partition coefficient (Wildman–Crippen LogP) is -0.827. The van der Waals surface area contributed by atoms with Gasteiger partial charge in [0.25, 0.3) is 0 Å². The topological polar surface area (TPSA) is 105 Å². The number of nitrogens with zero attached hydrogens (tertiary/aromatic N) is 2. The van der Waals surface area contributed by atoms with E-state index in [1.165, 1.54) is 23.2 Å². The highest BCUT2D eigenvalue weighted by Crippen LogP contribution is 2.14. The Balaban J connectivity index is 2.18. The quantitative estimate of drug-likeness (QED) is 0.746. The fourth-order valence-corrected chi connectivity index (χ4v) is 2.91. The van der Waals surface area contributed by atoms with Crippen molar-refractivity contribution in [3.05, 3.63) is 18.3 Å². The van der Waals surface area contributed by atoms with E-state index in [0.29, 0.717) is 13.0 Å². The Morgan fingerprint density at radius 1 is 1.50 bits per heavy atom. The molecule has 1 fully saturated rings. The lowest BCUT2D eigenvalue weighted by Crippen LogP contribution is -2.40. The first-order valence-corrected chi connectivity index (χ1v) is 6.87. The van der Waals surface area contributed by atoms with Crippen molar-refractivity contribution in [2.45, 2.75) is 17.4 Å². The fourth-order valence-electron chi connectivity index (χ4n) is 1.74. The molecule has 98 valence electrons. The lowest BCUT2D eigenvalue weighted by molar-refractivity contribution is -0.127. The van der Waals surface area contributed by atoms with Gasteiger partial charge in [-0.3, -0.25) is 4.79 Å². The van der Waals surface area contributed by atoms with Crippen molar-refractivity contribution < 1.29 is 13.2 Å². The summed E-state index contributed by atoms with van der Waals surface area (Å²) in [5.74, 6) is 0.0209. The van der Waals surface area contributed by atoms with Gasteiger partial charge in [0.2, 0.25) is 15.9 Å². The Hall–Kier alpha value is -1.67.